The van der Waals surface area contributed by atoms with E-state index in [1.54, 1.807) is 18.0 Å². The van der Waals surface area contributed by atoms with Gasteiger partial charge in [0, 0.05) is 23.5 Å². The third-order valence-electron chi connectivity index (χ3n) is 6.02. The van der Waals surface area contributed by atoms with Crippen molar-refractivity contribution in [3.8, 4) is 23.0 Å². The number of benzene rings is 2. The SMILES string of the molecule is CCc1ccc(C2CC(=O)Nc3c2c(C)nn3-c2nncc(-c3ccc(OC)cc3)n2)cc1. The van der Waals surface area contributed by atoms with Gasteiger partial charge in [0.25, 0.3) is 5.95 Å². The smallest absolute Gasteiger partial charge is 0.272 e. The predicted molar refractivity (Wildman–Crippen MR) is 125 cm³/mol. The van der Waals surface area contributed by atoms with Crippen LogP contribution in [0.15, 0.2) is 54.7 Å². The third-order valence-corrected chi connectivity index (χ3v) is 6.02. The highest BCUT2D eigenvalue weighted by Crippen LogP contribution is 2.40. The first-order valence-electron chi connectivity index (χ1n) is 10.9. The Morgan fingerprint density at radius 3 is 2.58 bits per heavy atom. The summed E-state index contributed by atoms with van der Waals surface area (Å²) in [5.74, 6) is 1.52. The number of aryl methyl sites for hydroxylation is 2. The van der Waals surface area contributed by atoms with Gasteiger partial charge in [-0.3, -0.25) is 4.79 Å². The van der Waals surface area contributed by atoms with Crippen molar-refractivity contribution in [1.82, 2.24) is 25.0 Å². The number of rotatable bonds is 5. The van der Waals surface area contributed by atoms with E-state index in [-0.39, 0.29) is 11.8 Å². The number of nitrogens with zero attached hydrogens (tertiary/aromatic N) is 5. The maximum atomic E-state index is 12.7. The van der Waals surface area contributed by atoms with Gasteiger partial charge in [-0.05, 0) is 48.7 Å². The van der Waals surface area contributed by atoms with Crippen LogP contribution in [0.4, 0.5) is 5.82 Å². The van der Waals surface area contributed by atoms with Crippen LogP contribution in [0.1, 0.15) is 41.6 Å². The van der Waals surface area contributed by atoms with Crippen molar-refractivity contribution in [2.75, 3.05) is 12.4 Å². The van der Waals surface area contributed by atoms with E-state index in [4.69, 9.17) is 4.74 Å². The second-order valence-corrected chi connectivity index (χ2v) is 8.03. The first-order chi connectivity index (χ1) is 16.1. The zero-order chi connectivity index (χ0) is 22.9. The molecule has 8 nitrogen and oxygen atoms in total. The second kappa shape index (κ2) is 8.46. The molecule has 1 atom stereocenters. The first kappa shape index (κ1) is 20.8. The molecule has 2 aromatic carbocycles. The Hall–Kier alpha value is -4.07. The fraction of sp³-hybridized carbons (Fsp3) is 0.240. The van der Waals surface area contributed by atoms with Crippen LogP contribution >= 0.6 is 0 Å². The first-order valence-corrected chi connectivity index (χ1v) is 10.9. The summed E-state index contributed by atoms with van der Waals surface area (Å²) in [5, 5.41) is 16.0. The van der Waals surface area contributed by atoms with Crippen molar-refractivity contribution in [3.63, 3.8) is 0 Å². The number of carbonyl (C=O) groups is 1. The van der Waals surface area contributed by atoms with Crippen LogP contribution in [0, 0.1) is 6.92 Å². The molecule has 0 bridgehead atoms. The molecule has 33 heavy (non-hydrogen) atoms. The van der Waals surface area contributed by atoms with Crippen molar-refractivity contribution < 1.29 is 9.53 Å². The number of anilines is 1. The number of hydrogen-bond acceptors (Lipinski definition) is 6. The van der Waals surface area contributed by atoms with Crippen LogP contribution < -0.4 is 10.1 Å². The zero-order valence-corrected chi connectivity index (χ0v) is 18.7. The number of hydrogen-bond donors (Lipinski definition) is 1. The maximum absolute atomic E-state index is 12.7. The van der Waals surface area contributed by atoms with E-state index in [2.05, 4.69) is 56.8 Å². The Labute approximate surface area is 191 Å². The van der Waals surface area contributed by atoms with Crippen LogP contribution in [0.25, 0.3) is 17.2 Å². The lowest BCUT2D eigenvalue weighted by Gasteiger charge is -2.24. The second-order valence-electron chi connectivity index (χ2n) is 8.03. The molecular formula is C25H24N6O2. The van der Waals surface area contributed by atoms with Gasteiger partial charge in [0.15, 0.2) is 0 Å². The van der Waals surface area contributed by atoms with Crippen molar-refractivity contribution in [2.24, 2.45) is 0 Å². The van der Waals surface area contributed by atoms with Crippen LogP contribution in [-0.4, -0.2) is 38.0 Å². The van der Waals surface area contributed by atoms with E-state index >= 15 is 0 Å². The Morgan fingerprint density at radius 2 is 1.88 bits per heavy atom. The fourth-order valence-electron chi connectivity index (χ4n) is 4.25. The lowest BCUT2D eigenvalue weighted by Crippen LogP contribution is -2.25. The molecule has 3 heterocycles. The Kier molecular flexibility index (Phi) is 5.34. The molecule has 1 aliphatic heterocycles. The predicted octanol–water partition coefficient (Wildman–Crippen LogP) is 4.08. The topological polar surface area (TPSA) is 94.8 Å². The fourth-order valence-corrected chi connectivity index (χ4v) is 4.25. The van der Waals surface area contributed by atoms with Crippen LogP contribution in [-0.2, 0) is 11.2 Å². The van der Waals surface area contributed by atoms with Crippen molar-refractivity contribution in [3.05, 3.63) is 77.1 Å². The molecule has 1 aliphatic rings. The van der Waals surface area contributed by atoms with E-state index in [9.17, 15) is 4.79 Å². The molecule has 0 radical (unpaired) electrons. The molecule has 1 amide bonds. The molecule has 0 aliphatic carbocycles. The van der Waals surface area contributed by atoms with Crippen molar-refractivity contribution >= 4 is 11.7 Å². The summed E-state index contributed by atoms with van der Waals surface area (Å²) in [6, 6.07) is 16.0. The van der Waals surface area contributed by atoms with Crippen LogP contribution in [0.5, 0.6) is 5.75 Å². The van der Waals surface area contributed by atoms with Gasteiger partial charge in [0.1, 0.15) is 11.6 Å². The van der Waals surface area contributed by atoms with Gasteiger partial charge in [-0.1, -0.05) is 31.2 Å². The minimum absolute atomic E-state index is 0.0625. The molecule has 0 saturated heterocycles. The molecule has 5 rings (SSSR count). The summed E-state index contributed by atoms with van der Waals surface area (Å²) in [6.45, 7) is 4.07. The average Bonchev–Trinajstić information content (AvgIpc) is 3.19. The highest BCUT2D eigenvalue weighted by Gasteiger charge is 2.33. The van der Waals surface area contributed by atoms with Crippen LogP contribution in [0.3, 0.4) is 0 Å². The molecule has 4 aromatic rings. The standard InChI is InChI=1S/C25H24N6O2/c1-4-16-5-7-17(8-6-16)20-13-22(32)28-24-23(20)15(2)30-31(24)25-27-21(14-26-29-25)18-9-11-19(33-3)12-10-18/h5-12,14,20H,4,13H2,1-3H3,(H,28,32). The third kappa shape index (κ3) is 3.84. The van der Waals surface area contributed by atoms with E-state index < -0.39 is 0 Å². The van der Waals surface area contributed by atoms with Crippen molar-refractivity contribution in [2.45, 2.75) is 32.6 Å². The van der Waals surface area contributed by atoms with Gasteiger partial charge < -0.3 is 10.1 Å². The molecule has 166 valence electrons. The van der Waals surface area contributed by atoms with Gasteiger partial charge in [-0.15, -0.1) is 5.10 Å². The summed E-state index contributed by atoms with van der Waals surface area (Å²) < 4.78 is 6.81. The minimum atomic E-state index is -0.0777. The summed E-state index contributed by atoms with van der Waals surface area (Å²) >= 11 is 0. The average molecular weight is 441 g/mol. The van der Waals surface area contributed by atoms with E-state index in [0.717, 1.165) is 34.6 Å². The summed E-state index contributed by atoms with van der Waals surface area (Å²) in [6.07, 6.45) is 2.95. The van der Waals surface area contributed by atoms with Gasteiger partial charge in [-0.25, -0.2) is 4.98 Å². The Morgan fingerprint density at radius 1 is 1.12 bits per heavy atom. The van der Waals surface area contributed by atoms with Gasteiger partial charge >= 0.3 is 0 Å². The summed E-state index contributed by atoms with van der Waals surface area (Å²) in [5.41, 5.74) is 5.70. The van der Waals surface area contributed by atoms with Crippen LogP contribution in [0.2, 0.25) is 0 Å². The molecule has 2 aromatic heterocycles. The van der Waals surface area contributed by atoms with Gasteiger partial charge in [0.2, 0.25) is 5.91 Å². The number of methoxy groups -OCH3 is 1. The molecule has 8 heteroatoms. The monoisotopic (exact) mass is 440 g/mol. The number of amides is 1. The zero-order valence-electron chi connectivity index (χ0n) is 18.7. The normalized spacial score (nSPS) is 15.1. The Bertz CT molecular complexity index is 1310. The largest absolute Gasteiger partial charge is 0.497 e. The highest BCUT2D eigenvalue weighted by atomic mass is 16.5. The molecule has 0 spiro atoms. The lowest BCUT2D eigenvalue weighted by atomic mass is 9.85. The van der Waals surface area contributed by atoms with E-state index in [1.165, 1.54) is 5.56 Å². The van der Waals surface area contributed by atoms with Gasteiger partial charge in [0.05, 0.1) is 24.7 Å². The minimum Gasteiger partial charge on any atom is -0.497 e. The lowest BCUT2D eigenvalue weighted by molar-refractivity contribution is -0.116. The number of fused-ring (bicyclic) bond motifs is 1. The summed E-state index contributed by atoms with van der Waals surface area (Å²) in [4.78, 5) is 17.3. The molecule has 1 unspecified atom stereocenters. The molecule has 0 saturated carbocycles. The van der Waals surface area contributed by atoms with Gasteiger partial charge in [-0.2, -0.15) is 14.9 Å². The highest BCUT2D eigenvalue weighted by molar-refractivity contribution is 5.95. The number of ether oxygens (including phenoxy) is 1. The molecule has 0 fully saturated rings. The molecular weight excluding hydrogens is 416 g/mol. The quantitative estimate of drug-likeness (QED) is 0.503. The summed E-state index contributed by atoms with van der Waals surface area (Å²) in [7, 11) is 1.63. The van der Waals surface area contributed by atoms with E-state index in [1.807, 2.05) is 31.2 Å². The number of aromatic nitrogens is 5. The number of carbonyl (C=O) groups excluding carboxylic acids is 1. The molecule has 1 N–H and O–H groups in total. The number of nitrogens with one attached hydrogen (secondary N) is 1. The van der Waals surface area contributed by atoms with Crippen molar-refractivity contribution in [1.29, 1.82) is 0 Å². The Balaban J connectivity index is 1.56. The van der Waals surface area contributed by atoms with E-state index in [0.29, 0.717) is 23.9 Å². The maximum Gasteiger partial charge on any atom is 0.272 e.